The van der Waals surface area contributed by atoms with Crippen LogP contribution in [0, 0.1) is 10.1 Å². The molecule has 0 aliphatic carbocycles. The Morgan fingerprint density at radius 2 is 2.29 bits per heavy atom. The van der Waals surface area contributed by atoms with Gasteiger partial charge in [0.1, 0.15) is 6.20 Å². The van der Waals surface area contributed by atoms with Crippen molar-refractivity contribution in [2.24, 2.45) is 11.5 Å². The minimum absolute atomic E-state index is 0.0432. The lowest BCUT2D eigenvalue weighted by atomic mass is 10.2. The third-order valence-corrected chi connectivity index (χ3v) is 2.53. The highest BCUT2D eigenvalue weighted by Crippen LogP contribution is 2.24. The predicted octanol–water partition coefficient (Wildman–Crippen LogP) is -0.808. The second-order valence-electron chi connectivity index (χ2n) is 3.03. The lowest BCUT2D eigenvalue weighted by Gasteiger charge is -2.07. The quantitative estimate of drug-likeness (QED) is 0.464. The Kier molecular flexibility index (Phi) is 4.06. The standard InChI is InChI=1S/C7H9N5O4S/c8-3(1-4(9)13)6(14)11-7-10-2-5(17-7)12(15)16/h2-3H,1,8H2,(H2,9,13)(H,10,11,14)/t3-/m0/s1. The number of rotatable bonds is 5. The second-order valence-corrected chi connectivity index (χ2v) is 4.04. The first-order chi connectivity index (χ1) is 7.90. The van der Waals surface area contributed by atoms with Gasteiger partial charge in [0.05, 0.1) is 17.4 Å². The molecule has 0 saturated heterocycles. The van der Waals surface area contributed by atoms with Gasteiger partial charge in [-0.25, -0.2) is 4.98 Å². The van der Waals surface area contributed by atoms with E-state index in [9.17, 15) is 19.7 Å². The van der Waals surface area contributed by atoms with Crippen molar-refractivity contribution in [3.05, 3.63) is 16.3 Å². The lowest BCUT2D eigenvalue weighted by Crippen LogP contribution is -2.38. The first kappa shape index (κ1) is 13.0. The molecule has 10 heteroatoms. The first-order valence-electron chi connectivity index (χ1n) is 4.35. The Hall–Kier alpha value is -2.07. The minimum atomic E-state index is -1.10. The van der Waals surface area contributed by atoms with Crippen LogP contribution >= 0.6 is 11.3 Å². The van der Waals surface area contributed by atoms with Crippen LogP contribution in [-0.4, -0.2) is 27.8 Å². The number of hydrogen-bond acceptors (Lipinski definition) is 7. The molecule has 2 amide bonds. The number of nitro groups is 1. The summed E-state index contributed by atoms with van der Waals surface area (Å²) in [5.41, 5.74) is 10.2. The third kappa shape index (κ3) is 3.77. The van der Waals surface area contributed by atoms with Crippen LogP contribution in [-0.2, 0) is 9.59 Å². The number of carbonyl (C=O) groups is 2. The number of nitrogens with one attached hydrogen (secondary N) is 1. The predicted molar refractivity (Wildman–Crippen MR) is 59.2 cm³/mol. The highest BCUT2D eigenvalue weighted by Gasteiger charge is 2.19. The van der Waals surface area contributed by atoms with Gasteiger partial charge in [-0.1, -0.05) is 0 Å². The topological polar surface area (TPSA) is 154 Å². The van der Waals surface area contributed by atoms with Gasteiger partial charge in [0.15, 0.2) is 5.13 Å². The second kappa shape index (κ2) is 5.32. The van der Waals surface area contributed by atoms with Gasteiger partial charge in [0, 0.05) is 0 Å². The van der Waals surface area contributed by atoms with Crippen molar-refractivity contribution in [2.75, 3.05) is 5.32 Å². The van der Waals surface area contributed by atoms with Gasteiger partial charge in [-0.15, -0.1) is 0 Å². The van der Waals surface area contributed by atoms with Crippen LogP contribution in [0.4, 0.5) is 10.1 Å². The van der Waals surface area contributed by atoms with E-state index in [4.69, 9.17) is 11.5 Å². The van der Waals surface area contributed by atoms with Crippen molar-refractivity contribution in [1.82, 2.24) is 4.98 Å². The van der Waals surface area contributed by atoms with E-state index in [0.29, 0.717) is 11.3 Å². The number of nitrogens with zero attached hydrogens (tertiary/aromatic N) is 2. The molecule has 0 aromatic carbocycles. The van der Waals surface area contributed by atoms with E-state index >= 15 is 0 Å². The zero-order valence-electron chi connectivity index (χ0n) is 8.45. The van der Waals surface area contributed by atoms with Gasteiger partial charge in [-0.2, -0.15) is 0 Å². The molecular weight excluding hydrogens is 250 g/mol. The molecule has 1 rings (SSSR count). The molecule has 0 fully saturated rings. The van der Waals surface area contributed by atoms with Crippen LogP contribution in [0.25, 0.3) is 0 Å². The van der Waals surface area contributed by atoms with Crippen LogP contribution < -0.4 is 16.8 Å². The Balaban J connectivity index is 2.61. The number of anilines is 1. The summed E-state index contributed by atoms with van der Waals surface area (Å²) >= 11 is 0.692. The summed E-state index contributed by atoms with van der Waals surface area (Å²) in [7, 11) is 0. The first-order valence-corrected chi connectivity index (χ1v) is 5.16. The van der Waals surface area contributed by atoms with Crippen molar-refractivity contribution in [3.8, 4) is 0 Å². The minimum Gasteiger partial charge on any atom is -0.370 e. The molecular formula is C7H9N5O4S. The van der Waals surface area contributed by atoms with Crippen LogP contribution in [0.5, 0.6) is 0 Å². The maximum absolute atomic E-state index is 11.4. The Bertz CT molecular complexity index is 459. The fourth-order valence-corrected chi connectivity index (χ4v) is 1.55. The maximum Gasteiger partial charge on any atom is 0.345 e. The molecule has 92 valence electrons. The number of nitrogens with two attached hydrogens (primary N) is 2. The highest BCUT2D eigenvalue weighted by atomic mass is 32.1. The smallest absolute Gasteiger partial charge is 0.345 e. The van der Waals surface area contributed by atoms with Crippen molar-refractivity contribution in [1.29, 1.82) is 0 Å². The van der Waals surface area contributed by atoms with Gasteiger partial charge in [-0.05, 0) is 11.3 Å². The highest BCUT2D eigenvalue weighted by molar-refractivity contribution is 7.18. The van der Waals surface area contributed by atoms with Gasteiger partial charge in [0.2, 0.25) is 11.8 Å². The fraction of sp³-hybridized carbons (Fsp3) is 0.286. The summed E-state index contributed by atoms with van der Waals surface area (Å²) in [6.07, 6.45) is 0.708. The summed E-state index contributed by atoms with van der Waals surface area (Å²) in [5.74, 6) is -1.38. The van der Waals surface area contributed by atoms with E-state index in [0.717, 1.165) is 6.20 Å². The molecule has 0 bridgehead atoms. The molecule has 0 unspecified atom stereocenters. The molecule has 0 saturated carbocycles. The molecule has 1 atom stereocenters. The molecule has 1 aromatic heterocycles. The fourth-order valence-electron chi connectivity index (χ4n) is 0.915. The number of carbonyl (C=O) groups excluding carboxylic acids is 2. The molecule has 0 spiro atoms. The van der Waals surface area contributed by atoms with Crippen molar-refractivity contribution >= 4 is 33.3 Å². The zero-order valence-corrected chi connectivity index (χ0v) is 9.27. The monoisotopic (exact) mass is 259 g/mol. The number of amides is 2. The largest absolute Gasteiger partial charge is 0.370 e. The van der Waals surface area contributed by atoms with Crippen molar-refractivity contribution in [3.63, 3.8) is 0 Å². The molecule has 1 heterocycles. The summed E-state index contributed by atoms with van der Waals surface area (Å²) in [4.78, 5) is 35.2. The van der Waals surface area contributed by atoms with E-state index < -0.39 is 22.8 Å². The normalized spacial score (nSPS) is 11.8. The zero-order chi connectivity index (χ0) is 13.0. The lowest BCUT2D eigenvalue weighted by molar-refractivity contribution is -0.380. The molecule has 0 radical (unpaired) electrons. The number of aromatic nitrogens is 1. The maximum atomic E-state index is 11.4. The van der Waals surface area contributed by atoms with Gasteiger partial charge in [-0.3, -0.25) is 19.7 Å². The number of primary amides is 1. The van der Waals surface area contributed by atoms with Crippen LogP contribution in [0.3, 0.4) is 0 Å². The van der Waals surface area contributed by atoms with E-state index in [1.165, 1.54) is 0 Å². The summed E-state index contributed by atoms with van der Waals surface area (Å²) in [5, 5.41) is 12.4. The average Bonchev–Trinajstić information content (AvgIpc) is 2.65. The van der Waals surface area contributed by atoms with Crippen LogP contribution in [0.1, 0.15) is 6.42 Å². The van der Waals surface area contributed by atoms with Gasteiger partial charge in [0.25, 0.3) is 0 Å². The van der Waals surface area contributed by atoms with Crippen molar-refractivity contribution < 1.29 is 14.5 Å². The number of thiazole rings is 1. The number of hydrogen-bond donors (Lipinski definition) is 3. The van der Waals surface area contributed by atoms with Gasteiger partial charge >= 0.3 is 5.00 Å². The van der Waals surface area contributed by atoms with E-state index in [-0.39, 0.29) is 16.6 Å². The summed E-state index contributed by atoms with van der Waals surface area (Å²) in [6, 6.07) is -1.10. The Morgan fingerprint density at radius 3 is 2.76 bits per heavy atom. The van der Waals surface area contributed by atoms with Crippen molar-refractivity contribution in [2.45, 2.75) is 12.5 Å². The van der Waals surface area contributed by atoms with Crippen LogP contribution in [0.15, 0.2) is 6.20 Å². The SMILES string of the molecule is NC(=O)C[C@H](N)C(=O)Nc1ncc([N+](=O)[O-])s1. The molecule has 17 heavy (non-hydrogen) atoms. The van der Waals surface area contributed by atoms with E-state index in [1.54, 1.807) is 0 Å². The molecule has 0 aliphatic heterocycles. The Morgan fingerprint density at radius 1 is 1.65 bits per heavy atom. The van der Waals surface area contributed by atoms with E-state index in [1.807, 2.05) is 0 Å². The summed E-state index contributed by atoms with van der Waals surface area (Å²) < 4.78 is 0. The Labute approximate surface area is 99.0 Å². The van der Waals surface area contributed by atoms with Gasteiger partial charge < -0.3 is 16.8 Å². The molecule has 5 N–H and O–H groups in total. The average molecular weight is 259 g/mol. The summed E-state index contributed by atoms with van der Waals surface area (Å²) in [6.45, 7) is 0. The third-order valence-electron chi connectivity index (χ3n) is 1.66. The molecule has 9 nitrogen and oxygen atoms in total. The van der Waals surface area contributed by atoms with E-state index in [2.05, 4.69) is 10.3 Å². The molecule has 0 aliphatic rings. The molecule has 1 aromatic rings. The van der Waals surface area contributed by atoms with Crippen LogP contribution in [0.2, 0.25) is 0 Å².